The second-order valence-electron chi connectivity index (χ2n) is 5.21. The summed E-state index contributed by atoms with van der Waals surface area (Å²) in [6, 6.07) is 7.51. The fourth-order valence-electron chi connectivity index (χ4n) is 2.27. The minimum atomic E-state index is -0.476. The van der Waals surface area contributed by atoms with Gasteiger partial charge in [0.2, 0.25) is 0 Å². The van der Waals surface area contributed by atoms with Gasteiger partial charge >= 0.3 is 0 Å². The first-order valence-corrected chi connectivity index (χ1v) is 7.91. The zero-order valence-corrected chi connectivity index (χ0v) is 14.6. The van der Waals surface area contributed by atoms with E-state index in [1.165, 1.54) is 22.8 Å². The first kappa shape index (κ1) is 19.4. The lowest BCUT2D eigenvalue weighted by Gasteiger charge is -2.12. The van der Waals surface area contributed by atoms with Gasteiger partial charge in [-0.1, -0.05) is 12.2 Å². The average Bonchev–Trinajstić information content (AvgIpc) is 2.63. The molecule has 1 aromatic carbocycles. The highest BCUT2D eigenvalue weighted by Gasteiger charge is 2.13. The highest BCUT2D eigenvalue weighted by Crippen LogP contribution is 2.22. The van der Waals surface area contributed by atoms with Crippen LogP contribution in [0.4, 0.5) is 5.69 Å². The predicted molar refractivity (Wildman–Crippen MR) is 96.7 cm³/mol. The summed E-state index contributed by atoms with van der Waals surface area (Å²) >= 11 is 0. The Morgan fingerprint density at radius 1 is 1.27 bits per heavy atom. The number of benzene rings is 1. The minimum absolute atomic E-state index is 0.0474. The van der Waals surface area contributed by atoms with Gasteiger partial charge in [0, 0.05) is 31.0 Å². The van der Waals surface area contributed by atoms with Crippen molar-refractivity contribution in [2.45, 2.75) is 6.92 Å². The Bertz CT molecular complexity index is 844. The maximum absolute atomic E-state index is 12.7. The van der Waals surface area contributed by atoms with Gasteiger partial charge < -0.3 is 14.2 Å². The Kier molecular flexibility index (Phi) is 7.07. The van der Waals surface area contributed by atoms with Crippen molar-refractivity contribution < 1.29 is 19.1 Å². The standard InChI is InChI=1S/C18H20N2O6/c1-3-5-14-12-15(20(22)23)7-8-16(14)19-9-4-6-17(18(19)21)26-13-25-11-10-24-2/h3-9,12H,10-11,13H2,1-2H3. The Hall–Kier alpha value is -2.97. The van der Waals surface area contributed by atoms with Crippen molar-refractivity contribution in [3.63, 3.8) is 0 Å². The molecule has 0 unspecified atom stereocenters. The molecule has 0 atom stereocenters. The van der Waals surface area contributed by atoms with Crippen molar-refractivity contribution in [3.05, 3.63) is 68.6 Å². The number of aromatic nitrogens is 1. The molecular formula is C18H20N2O6. The molecule has 0 saturated heterocycles. The molecule has 1 aromatic heterocycles. The number of hydrogen-bond acceptors (Lipinski definition) is 6. The van der Waals surface area contributed by atoms with Crippen LogP contribution in [0.1, 0.15) is 12.5 Å². The second-order valence-corrected chi connectivity index (χ2v) is 5.21. The predicted octanol–water partition coefficient (Wildman–Crippen LogP) is 2.78. The molecule has 2 rings (SSSR count). The van der Waals surface area contributed by atoms with Gasteiger partial charge in [-0.25, -0.2) is 0 Å². The first-order chi connectivity index (χ1) is 12.6. The molecule has 0 bridgehead atoms. The van der Waals surface area contributed by atoms with E-state index >= 15 is 0 Å². The summed E-state index contributed by atoms with van der Waals surface area (Å²) in [5, 5.41) is 11.0. The fourth-order valence-corrected chi connectivity index (χ4v) is 2.27. The molecule has 0 fully saturated rings. The van der Waals surface area contributed by atoms with Crippen molar-refractivity contribution in [1.29, 1.82) is 0 Å². The number of nitro benzene ring substituents is 1. The van der Waals surface area contributed by atoms with Gasteiger partial charge in [-0.3, -0.25) is 19.5 Å². The van der Waals surface area contributed by atoms with Crippen molar-refractivity contribution in [3.8, 4) is 11.4 Å². The van der Waals surface area contributed by atoms with Gasteiger partial charge in [0.1, 0.15) is 0 Å². The monoisotopic (exact) mass is 360 g/mol. The third kappa shape index (κ3) is 4.78. The van der Waals surface area contributed by atoms with E-state index < -0.39 is 4.92 Å². The normalized spacial score (nSPS) is 11.0. The lowest BCUT2D eigenvalue weighted by Crippen LogP contribution is -2.21. The average molecular weight is 360 g/mol. The number of pyridine rings is 1. The fraction of sp³-hybridized carbons (Fsp3) is 0.278. The molecule has 1 heterocycles. The lowest BCUT2D eigenvalue weighted by molar-refractivity contribution is -0.384. The molecule has 0 aliphatic heterocycles. The molecule has 138 valence electrons. The molecule has 0 aliphatic rings. The van der Waals surface area contributed by atoms with E-state index in [0.29, 0.717) is 24.5 Å². The summed E-state index contributed by atoms with van der Waals surface area (Å²) in [6.07, 6.45) is 5.03. The van der Waals surface area contributed by atoms with Gasteiger partial charge in [-0.05, 0) is 25.1 Å². The molecular weight excluding hydrogens is 340 g/mol. The summed E-state index contributed by atoms with van der Waals surface area (Å²) in [6.45, 7) is 2.50. The van der Waals surface area contributed by atoms with Crippen LogP contribution in [0.5, 0.6) is 5.75 Å². The Morgan fingerprint density at radius 3 is 2.77 bits per heavy atom. The van der Waals surface area contributed by atoms with Crippen LogP contribution < -0.4 is 10.3 Å². The van der Waals surface area contributed by atoms with Crippen LogP contribution in [0, 0.1) is 10.1 Å². The molecule has 0 saturated carbocycles. The van der Waals surface area contributed by atoms with Gasteiger partial charge in [0.15, 0.2) is 12.5 Å². The highest BCUT2D eigenvalue weighted by atomic mass is 16.7. The number of hydrogen-bond donors (Lipinski definition) is 0. The number of nitro groups is 1. The number of nitrogens with zero attached hydrogens (tertiary/aromatic N) is 2. The minimum Gasteiger partial charge on any atom is -0.462 e. The summed E-state index contributed by atoms with van der Waals surface area (Å²) in [7, 11) is 1.56. The zero-order chi connectivity index (χ0) is 18.9. The maximum Gasteiger partial charge on any atom is 0.297 e. The first-order valence-electron chi connectivity index (χ1n) is 7.91. The van der Waals surface area contributed by atoms with E-state index in [1.54, 1.807) is 44.5 Å². The Morgan fingerprint density at radius 2 is 2.08 bits per heavy atom. The van der Waals surface area contributed by atoms with Gasteiger partial charge in [-0.15, -0.1) is 0 Å². The van der Waals surface area contributed by atoms with E-state index in [1.807, 2.05) is 0 Å². The number of ether oxygens (including phenoxy) is 3. The van der Waals surface area contributed by atoms with Crippen LogP contribution in [-0.2, 0) is 9.47 Å². The van der Waals surface area contributed by atoms with Crippen molar-refractivity contribution in [1.82, 2.24) is 4.57 Å². The molecule has 0 amide bonds. The molecule has 0 aliphatic carbocycles. The third-order valence-electron chi connectivity index (χ3n) is 3.47. The van der Waals surface area contributed by atoms with Crippen LogP contribution in [0.2, 0.25) is 0 Å². The Labute approximate surface area is 150 Å². The number of non-ortho nitro benzene ring substituents is 1. The van der Waals surface area contributed by atoms with Crippen LogP contribution in [0.3, 0.4) is 0 Å². The summed E-state index contributed by atoms with van der Waals surface area (Å²) in [5.74, 6) is 0.120. The molecule has 8 heteroatoms. The van der Waals surface area contributed by atoms with Crippen molar-refractivity contribution in [2.24, 2.45) is 0 Å². The molecule has 2 aromatic rings. The number of methoxy groups -OCH3 is 1. The smallest absolute Gasteiger partial charge is 0.297 e. The molecule has 26 heavy (non-hydrogen) atoms. The quantitative estimate of drug-likeness (QED) is 0.295. The molecule has 8 nitrogen and oxygen atoms in total. The summed E-state index contributed by atoms with van der Waals surface area (Å²) in [4.78, 5) is 23.2. The van der Waals surface area contributed by atoms with E-state index in [4.69, 9.17) is 14.2 Å². The largest absolute Gasteiger partial charge is 0.462 e. The highest BCUT2D eigenvalue weighted by molar-refractivity contribution is 5.64. The molecule has 0 N–H and O–H groups in total. The van der Waals surface area contributed by atoms with E-state index in [0.717, 1.165) is 0 Å². The lowest BCUT2D eigenvalue weighted by atomic mass is 10.1. The number of rotatable bonds is 9. The van der Waals surface area contributed by atoms with Crippen LogP contribution in [0.15, 0.2) is 47.4 Å². The zero-order valence-electron chi connectivity index (χ0n) is 14.6. The van der Waals surface area contributed by atoms with Crippen LogP contribution >= 0.6 is 0 Å². The SMILES string of the molecule is CC=Cc1cc([N+](=O)[O-])ccc1-n1cccc(OCOCCOC)c1=O. The molecule has 0 radical (unpaired) electrons. The number of allylic oxidation sites excluding steroid dienone is 1. The maximum atomic E-state index is 12.7. The van der Waals surface area contributed by atoms with Gasteiger partial charge in [-0.2, -0.15) is 0 Å². The van der Waals surface area contributed by atoms with E-state index in [-0.39, 0.29) is 23.8 Å². The Balaban J connectivity index is 2.32. The third-order valence-corrected chi connectivity index (χ3v) is 3.47. The van der Waals surface area contributed by atoms with E-state index in [2.05, 4.69) is 0 Å². The topological polar surface area (TPSA) is 92.8 Å². The second kappa shape index (κ2) is 9.50. The van der Waals surface area contributed by atoms with Crippen LogP contribution in [-0.4, -0.2) is 36.6 Å². The van der Waals surface area contributed by atoms with E-state index in [9.17, 15) is 14.9 Å². The van der Waals surface area contributed by atoms with Crippen molar-refractivity contribution >= 4 is 11.8 Å². The summed E-state index contributed by atoms with van der Waals surface area (Å²) < 4.78 is 16.8. The van der Waals surface area contributed by atoms with Gasteiger partial charge in [0.25, 0.3) is 11.2 Å². The van der Waals surface area contributed by atoms with Crippen LogP contribution in [0.25, 0.3) is 11.8 Å². The van der Waals surface area contributed by atoms with Gasteiger partial charge in [0.05, 0.1) is 23.8 Å². The van der Waals surface area contributed by atoms with Crippen molar-refractivity contribution in [2.75, 3.05) is 27.1 Å². The summed E-state index contributed by atoms with van der Waals surface area (Å²) in [5.41, 5.74) is 0.637. The molecule has 0 spiro atoms.